The van der Waals surface area contributed by atoms with E-state index in [1.54, 1.807) is 23.1 Å². The number of likely N-dealkylation sites (tertiary alicyclic amines) is 1. The Balaban J connectivity index is 1.49. The van der Waals surface area contributed by atoms with Gasteiger partial charge in [-0.25, -0.2) is 0 Å². The minimum Gasteiger partial charge on any atom is -0.354 e. The van der Waals surface area contributed by atoms with E-state index in [2.05, 4.69) is 22.2 Å². The minimum atomic E-state index is -0.439. The zero-order valence-electron chi connectivity index (χ0n) is 16.3. The van der Waals surface area contributed by atoms with Gasteiger partial charge in [0, 0.05) is 44.3 Å². The molecule has 0 spiro atoms. The van der Waals surface area contributed by atoms with Crippen LogP contribution in [0.15, 0.2) is 18.2 Å². The zero-order chi connectivity index (χ0) is 20.1. The lowest BCUT2D eigenvalue weighted by molar-refractivity contribution is -0.124. The number of carbonyl (C=O) groups excluding carboxylic acids is 2. The van der Waals surface area contributed by atoms with Crippen LogP contribution in [0, 0.1) is 0 Å². The normalized spacial score (nSPS) is 21.1. The van der Waals surface area contributed by atoms with Crippen LogP contribution >= 0.6 is 23.2 Å². The maximum atomic E-state index is 12.9. The Labute approximate surface area is 176 Å². The van der Waals surface area contributed by atoms with Gasteiger partial charge in [0.1, 0.15) is 6.04 Å². The van der Waals surface area contributed by atoms with Crippen molar-refractivity contribution in [1.29, 1.82) is 0 Å². The van der Waals surface area contributed by atoms with Crippen LogP contribution in [0.2, 0.25) is 10.0 Å². The highest BCUT2D eigenvalue weighted by molar-refractivity contribution is 6.35. The van der Waals surface area contributed by atoms with E-state index in [1.807, 2.05) is 0 Å². The number of nitrogens with one attached hydrogen (secondary N) is 1. The van der Waals surface area contributed by atoms with Gasteiger partial charge in [-0.1, -0.05) is 23.2 Å². The van der Waals surface area contributed by atoms with Crippen molar-refractivity contribution in [2.45, 2.75) is 25.3 Å². The summed E-state index contributed by atoms with van der Waals surface area (Å²) in [5.41, 5.74) is 0.351. The molecule has 1 unspecified atom stereocenters. The van der Waals surface area contributed by atoms with Crippen molar-refractivity contribution < 1.29 is 9.59 Å². The summed E-state index contributed by atoms with van der Waals surface area (Å²) in [6.45, 7) is 6.52. The van der Waals surface area contributed by atoms with Gasteiger partial charge in [-0.2, -0.15) is 0 Å². The molecule has 1 atom stereocenters. The van der Waals surface area contributed by atoms with E-state index in [0.29, 0.717) is 35.1 Å². The number of nitrogens with zero attached hydrogens (tertiary/aromatic N) is 3. The van der Waals surface area contributed by atoms with E-state index in [4.69, 9.17) is 23.2 Å². The molecule has 2 amide bonds. The highest BCUT2D eigenvalue weighted by Crippen LogP contribution is 2.26. The second-order valence-electron chi connectivity index (χ2n) is 7.57. The summed E-state index contributed by atoms with van der Waals surface area (Å²) in [6, 6.07) is 4.39. The Morgan fingerprint density at radius 3 is 2.64 bits per heavy atom. The predicted octanol–water partition coefficient (Wildman–Crippen LogP) is 2.35. The fourth-order valence-electron chi connectivity index (χ4n) is 3.80. The van der Waals surface area contributed by atoms with Crippen LogP contribution in [0.25, 0.3) is 0 Å². The summed E-state index contributed by atoms with van der Waals surface area (Å²) in [5.74, 6) is -0.315. The van der Waals surface area contributed by atoms with Gasteiger partial charge in [0.15, 0.2) is 0 Å². The molecule has 2 aliphatic heterocycles. The van der Waals surface area contributed by atoms with Gasteiger partial charge < -0.3 is 20.0 Å². The molecule has 1 aromatic rings. The number of halogens is 2. The Hall–Kier alpha value is -1.34. The molecule has 0 radical (unpaired) electrons. The van der Waals surface area contributed by atoms with Crippen LogP contribution in [0.4, 0.5) is 0 Å². The van der Waals surface area contributed by atoms with Crippen molar-refractivity contribution in [3.63, 3.8) is 0 Å². The lowest BCUT2D eigenvalue weighted by Gasteiger charge is -2.32. The lowest BCUT2D eigenvalue weighted by atomic mass is 10.1. The topological polar surface area (TPSA) is 55.9 Å². The van der Waals surface area contributed by atoms with Crippen LogP contribution in [0.3, 0.4) is 0 Å². The summed E-state index contributed by atoms with van der Waals surface area (Å²) in [4.78, 5) is 31.9. The van der Waals surface area contributed by atoms with Crippen LogP contribution in [0.5, 0.6) is 0 Å². The van der Waals surface area contributed by atoms with Crippen molar-refractivity contribution in [2.75, 3.05) is 52.9 Å². The number of carbonyl (C=O) groups is 2. The third-order valence-electron chi connectivity index (χ3n) is 5.52. The Morgan fingerprint density at radius 1 is 1.14 bits per heavy atom. The summed E-state index contributed by atoms with van der Waals surface area (Å²) >= 11 is 12.2. The molecule has 0 aliphatic carbocycles. The first kappa shape index (κ1) is 21.4. The van der Waals surface area contributed by atoms with Crippen molar-refractivity contribution >= 4 is 35.0 Å². The molecule has 28 heavy (non-hydrogen) atoms. The molecular weight excluding hydrogens is 399 g/mol. The first-order chi connectivity index (χ1) is 13.5. The zero-order valence-corrected chi connectivity index (χ0v) is 17.8. The number of likely N-dealkylation sites (N-methyl/N-ethyl adjacent to an activating group) is 1. The van der Waals surface area contributed by atoms with Crippen molar-refractivity contribution in [3.05, 3.63) is 33.8 Å². The molecule has 154 valence electrons. The van der Waals surface area contributed by atoms with Gasteiger partial charge in [-0.05, 0) is 51.1 Å². The molecule has 6 nitrogen and oxygen atoms in total. The van der Waals surface area contributed by atoms with Gasteiger partial charge in [-0.15, -0.1) is 0 Å². The second-order valence-corrected chi connectivity index (χ2v) is 8.41. The Bertz CT molecular complexity index is 707. The largest absolute Gasteiger partial charge is 0.354 e. The molecule has 2 heterocycles. The highest BCUT2D eigenvalue weighted by atomic mass is 35.5. The fraction of sp³-hybridized carbons (Fsp3) is 0.600. The molecule has 2 aliphatic rings. The summed E-state index contributed by atoms with van der Waals surface area (Å²) in [6.07, 6.45) is 2.40. The maximum absolute atomic E-state index is 12.9. The molecule has 2 fully saturated rings. The molecule has 0 aromatic heterocycles. The van der Waals surface area contributed by atoms with Gasteiger partial charge in [0.05, 0.1) is 10.6 Å². The standard InChI is InChI=1S/C20H28Cl2N4O2/c1-24-10-12-25(13-11-24)8-3-7-23-19(27)18-4-2-9-26(18)20(28)16-14-15(21)5-6-17(16)22/h5-6,14,18H,2-4,7-13H2,1H3,(H,23,27). The monoisotopic (exact) mass is 426 g/mol. The van der Waals surface area contributed by atoms with E-state index in [1.165, 1.54) is 0 Å². The van der Waals surface area contributed by atoms with Gasteiger partial charge in [0.25, 0.3) is 5.91 Å². The molecule has 8 heteroatoms. The number of hydrogen-bond donors (Lipinski definition) is 1. The summed E-state index contributed by atoms with van der Waals surface area (Å²) in [5, 5.41) is 3.82. The van der Waals surface area contributed by atoms with E-state index in [-0.39, 0.29) is 11.8 Å². The number of piperazine rings is 1. The molecule has 0 bridgehead atoms. The summed E-state index contributed by atoms with van der Waals surface area (Å²) < 4.78 is 0. The van der Waals surface area contributed by atoms with Crippen LogP contribution in [0.1, 0.15) is 29.6 Å². The number of benzene rings is 1. The van der Waals surface area contributed by atoms with Crippen LogP contribution < -0.4 is 5.32 Å². The number of hydrogen-bond acceptors (Lipinski definition) is 4. The lowest BCUT2D eigenvalue weighted by Crippen LogP contribution is -2.47. The molecule has 0 saturated carbocycles. The maximum Gasteiger partial charge on any atom is 0.256 e. The third kappa shape index (κ3) is 5.38. The highest BCUT2D eigenvalue weighted by Gasteiger charge is 2.35. The van der Waals surface area contributed by atoms with Gasteiger partial charge in [-0.3, -0.25) is 9.59 Å². The summed E-state index contributed by atoms with van der Waals surface area (Å²) in [7, 11) is 2.14. The molecule has 3 rings (SSSR count). The van der Waals surface area contributed by atoms with Crippen LogP contribution in [-0.2, 0) is 4.79 Å². The molecule has 2 saturated heterocycles. The third-order valence-corrected chi connectivity index (χ3v) is 6.09. The first-order valence-electron chi connectivity index (χ1n) is 9.90. The SMILES string of the molecule is CN1CCN(CCCNC(=O)C2CCCN2C(=O)c2cc(Cl)ccc2Cl)CC1. The molecule has 1 N–H and O–H groups in total. The average Bonchev–Trinajstić information content (AvgIpc) is 3.18. The smallest absolute Gasteiger partial charge is 0.256 e. The fourth-order valence-corrected chi connectivity index (χ4v) is 4.17. The predicted molar refractivity (Wildman–Crippen MR) is 112 cm³/mol. The number of rotatable bonds is 6. The van der Waals surface area contributed by atoms with Crippen LogP contribution in [-0.4, -0.2) is 85.4 Å². The molecular formula is C20H28Cl2N4O2. The van der Waals surface area contributed by atoms with E-state index in [0.717, 1.165) is 45.6 Å². The second kappa shape index (κ2) is 9.92. The van der Waals surface area contributed by atoms with Crippen molar-refractivity contribution in [1.82, 2.24) is 20.0 Å². The van der Waals surface area contributed by atoms with E-state index >= 15 is 0 Å². The van der Waals surface area contributed by atoms with Crippen molar-refractivity contribution in [2.24, 2.45) is 0 Å². The van der Waals surface area contributed by atoms with Crippen molar-refractivity contribution in [3.8, 4) is 0 Å². The Kier molecular flexibility index (Phi) is 7.57. The Morgan fingerprint density at radius 2 is 1.89 bits per heavy atom. The van der Waals surface area contributed by atoms with E-state index < -0.39 is 6.04 Å². The average molecular weight is 427 g/mol. The first-order valence-corrected chi connectivity index (χ1v) is 10.7. The van der Waals surface area contributed by atoms with Gasteiger partial charge in [0.2, 0.25) is 5.91 Å². The van der Waals surface area contributed by atoms with Gasteiger partial charge >= 0.3 is 0 Å². The minimum absolute atomic E-state index is 0.0811. The number of amides is 2. The van der Waals surface area contributed by atoms with E-state index in [9.17, 15) is 9.59 Å². The molecule has 1 aromatic carbocycles. The quantitative estimate of drug-likeness (QED) is 0.709.